The normalized spacial score (nSPS) is 11.5. The van der Waals surface area contributed by atoms with Crippen LogP contribution in [0.5, 0.6) is 17.2 Å². The molecular formula is C25H21F3O4. The van der Waals surface area contributed by atoms with Gasteiger partial charge in [0, 0.05) is 6.42 Å². The molecule has 0 saturated heterocycles. The number of phenolic OH excluding ortho intramolecular Hbond substituents is 1. The lowest BCUT2D eigenvalue weighted by atomic mass is 10.0. The Bertz CT molecular complexity index is 1120. The molecule has 0 spiro atoms. The molecule has 0 atom stereocenters. The first kappa shape index (κ1) is 22.9. The van der Waals surface area contributed by atoms with E-state index >= 15 is 0 Å². The van der Waals surface area contributed by atoms with Crippen molar-refractivity contribution in [2.75, 3.05) is 7.11 Å². The van der Waals surface area contributed by atoms with Gasteiger partial charge in [-0.2, -0.15) is 13.2 Å². The molecular weight excluding hydrogens is 421 g/mol. The molecule has 166 valence electrons. The van der Waals surface area contributed by atoms with E-state index in [9.17, 15) is 23.1 Å². The minimum Gasteiger partial charge on any atom is -0.504 e. The molecule has 0 heterocycles. The van der Waals surface area contributed by atoms with Crippen LogP contribution in [0.4, 0.5) is 13.2 Å². The van der Waals surface area contributed by atoms with Crippen LogP contribution in [0.1, 0.15) is 22.3 Å². The molecule has 7 heteroatoms. The van der Waals surface area contributed by atoms with E-state index in [2.05, 4.69) is 0 Å². The molecule has 0 aliphatic heterocycles. The third-order valence-corrected chi connectivity index (χ3v) is 4.70. The Kier molecular flexibility index (Phi) is 7.20. The average Bonchev–Trinajstić information content (AvgIpc) is 2.77. The average molecular weight is 442 g/mol. The number of benzene rings is 3. The van der Waals surface area contributed by atoms with Gasteiger partial charge in [-0.1, -0.05) is 42.5 Å². The first-order valence-electron chi connectivity index (χ1n) is 9.71. The minimum atomic E-state index is -4.45. The fraction of sp³-hybridized carbons (Fsp3) is 0.160. The molecule has 0 fully saturated rings. The van der Waals surface area contributed by atoms with Crippen molar-refractivity contribution in [1.29, 1.82) is 0 Å². The van der Waals surface area contributed by atoms with Gasteiger partial charge in [0.2, 0.25) is 0 Å². The second kappa shape index (κ2) is 10.0. The summed E-state index contributed by atoms with van der Waals surface area (Å²) in [7, 11) is 1.45. The summed E-state index contributed by atoms with van der Waals surface area (Å²) in [6.07, 6.45) is -1.35. The number of ketones is 1. The molecule has 4 nitrogen and oxygen atoms in total. The van der Waals surface area contributed by atoms with E-state index in [-0.39, 0.29) is 30.3 Å². The second-order valence-electron chi connectivity index (χ2n) is 6.99. The van der Waals surface area contributed by atoms with Crippen LogP contribution in [0.3, 0.4) is 0 Å². The van der Waals surface area contributed by atoms with E-state index in [0.717, 1.165) is 12.1 Å². The number of allylic oxidation sites excluding steroid dienone is 1. The van der Waals surface area contributed by atoms with Crippen LogP contribution in [0.15, 0.2) is 72.8 Å². The third-order valence-electron chi connectivity index (χ3n) is 4.70. The number of alkyl halides is 3. The Balaban J connectivity index is 1.66. The number of carbonyl (C=O) groups excluding carboxylic acids is 1. The lowest BCUT2D eigenvalue weighted by Gasteiger charge is -2.12. The Labute approximate surface area is 183 Å². The number of carbonyl (C=O) groups is 1. The van der Waals surface area contributed by atoms with Crippen LogP contribution >= 0.6 is 0 Å². The number of phenols is 1. The molecule has 32 heavy (non-hydrogen) atoms. The SMILES string of the molecule is COc1ccc(/C=C/C(=O)Cc2ccccc2COc2cccc(C(F)(F)F)c2)cc1O. The van der Waals surface area contributed by atoms with E-state index in [1.165, 1.54) is 31.4 Å². The number of aromatic hydroxyl groups is 1. The Morgan fingerprint density at radius 3 is 2.44 bits per heavy atom. The smallest absolute Gasteiger partial charge is 0.416 e. The quantitative estimate of drug-likeness (QED) is 0.447. The molecule has 1 N–H and O–H groups in total. The van der Waals surface area contributed by atoms with Crippen LogP contribution in [-0.2, 0) is 24.0 Å². The van der Waals surface area contributed by atoms with Gasteiger partial charge in [0.05, 0.1) is 12.7 Å². The summed E-state index contributed by atoms with van der Waals surface area (Å²) in [5, 5.41) is 9.82. The largest absolute Gasteiger partial charge is 0.504 e. The third kappa shape index (κ3) is 6.14. The van der Waals surface area contributed by atoms with Crippen molar-refractivity contribution in [2.24, 2.45) is 0 Å². The lowest BCUT2D eigenvalue weighted by molar-refractivity contribution is -0.137. The van der Waals surface area contributed by atoms with Gasteiger partial charge in [-0.15, -0.1) is 0 Å². The highest BCUT2D eigenvalue weighted by atomic mass is 19.4. The van der Waals surface area contributed by atoms with Crippen molar-refractivity contribution < 1.29 is 32.5 Å². The van der Waals surface area contributed by atoms with Gasteiger partial charge in [-0.3, -0.25) is 4.79 Å². The van der Waals surface area contributed by atoms with Crippen LogP contribution < -0.4 is 9.47 Å². The number of hydrogen-bond donors (Lipinski definition) is 1. The Morgan fingerprint density at radius 2 is 1.75 bits per heavy atom. The number of hydrogen-bond acceptors (Lipinski definition) is 4. The fourth-order valence-electron chi connectivity index (χ4n) is 3.04. The predicted octanol–water partition coefficient (Wildman–Crippen LogP) is 5.82. The minimum absolute atomic E-state index is 0.0285. The maximum absolute atomic E-state index is 12.9. The van der Waals surface area contributed by atoms with Crippen molar-refractivity contribution in [1.82, 2.24) is 0 Å². The molecule has 0 aliphatic rings. The highest BCUT2D eigenvalue weighted by Crippen LogP contribution is 2.31. The molecule has 0 aliphatic carbocycles. The number of ether oxygens (including phenoxy) is 2. The Morgan fingerprint density at radius 1 is 1.00 bits per heavy atom. The monoisotopic (exact) mass is 442 g/mol. The van der Waals surface area contributed by atoms with Crippen molar-refractivity contribution in [3.63, 3.8) is 0 Å². The maximum Gasteiger partial charge on any atom is 0.416 e. The maximum atomic E-state index is 12.9. The molecule has 3 aromatic carbocycles. The van der Waals surface area contributed by atoms with E-state index in [4.69, 9.17) is 9.47 Å². The Hall–Kier alpha value is -3.74. The molecule has 0 saturated carbocycles. The van der Waals surface area contributed by atoms with Gasteiger partial charge in [0.15, 0.2) is 17.3 Å². The first-order chi connectivity index (χ1) is 15.3. The molecule has 0 unspecified atom stereocenters. The van der Waals surface area contributed by atoms with E-state index in [0.29, 0.717) is 22.4 Å². The van der Waals surface area contributed by atoms with Crippen molar-refractivity contribution >= 4 is 11.9 Å². The first-order valence-corrected chi connectivity index (χ1v) is 9.71. The number of methoxy groups -OCH3 is 1. The number of halogens is 3. The summed E-state index contributed by atoms with van der Waals surface area (Å²) in [5.41, 5.74) is 1.27. The fourth-order valence-corrected chi connectivity index (χ4v) is 3.04. The highest BCUT2D eigenvalue weighted by Gasteiger charge is 2.30. The summed E-state index contributed by atoms with van der Waals surface area (Å²) in [6, 6.07) is 16.5. The van der Waals surface area contributed by atoms with Gasteiger partial charge >= 0.3 is 6.18 Å². The summed E-state index contributed by atoms with van der Waals surface area (Å²) >= 11 is 0. The van der Waals surface area contributed by atoms with Crippen LogP contribution in [0, 0.1) is 0 Å². The number of rotatable bonds is 8. The van der Waals surface area contributed by atoms with Gasteiger partial charge in [-0.25, -0.2) is 0 Å². The van der Waals surface area contributed by atoms with E-state index < -0.39 is 11.7 Å². The van der Waals surface area contributed by atoms with Crippen LogP contribution in [0.2, 0.25) is 0 Å². The zero-order valence-corrected chi connectivity index (χ0v) is 17.2. The molecule has 0 radical (unpaired) electrons. The molecule has 3 rings (SSSR count). The van der Waals surface area contributed by atoms with Gasteiger partial charge in [0.1, 0.15) is 12.4 Å². The van der Waals surface area contributed by atoms with Gasteiger partial charge in [0.25, 0.3) is 0 Å². The molecule has 0 bridgehead atoms. The standard InChI is InChI=1S/C25H21F3O4/c1-31-24-12-10-17(13-23(24)30)9-11-21(29)14-18-5-2-3-6-19(18)16-32-22-8-4-7-20(15-22)25(26,27)28/h2-13,15,30H,14,16H2,1H3/b11-9+. The van der Waals surface area contributed by atoms with E-state index in [1.807, 2.05) is 0 Å². The zero-order valence-electron chi connectivity index (χ0n) is 17.2. The molecule has 0 amide bonds. The van der Waals surface area contributed by atoms with E-state index in [1.54, 1.807) is 42.5 Å². The van der Waals surface area contributed by atoms with Crippen LogP contribution in [-0.4, -0.2) is 18.0 Å². The predicted molar refractivity (Wildman–Crippen MR) is 115 cm³/mol. The zero-order chi connectivity index (χ0) is 23.1. The van der Waals surface area contributed by atoms with Crippen molar-refractivity contribution in [3.05, 3.63) is 95.1 Å². The summed E-state index contributed by atoms with van der Waals surface area (Å²) in [4.78, 5) is 12.4. The summed E-state index contributed by atoms with van der Waals surface area (Å²) in [6.45, 7) is 0.0286. The summed E-state index contributed by atoms with van der Waals surface area (Å²) in [5.74, 6) is 0.231. The van der Waals surface area contributed by atoms with Gasteiger partial charge in [-0.05, 0) is 53.1 Å². The van der Waals surface area contributed by atoms with Gasteiger partial charge < -0.3 is 14.6 Å². The van der Waals surface area contributed by atoms with Crippen molar-refractivity contribution in [2.45, 2.75) is 19.2 Å². The van der Waals surface area contributed by atoms with Crippen LogP contribution in [0.25, 0.3) is 6.08 Å². The topological polar surface area (TPSA) is 55.8 Å². The second-order valence-corrected chi connectivity index (χ2v) is 6.99. The van der Waals surface area contributed by atoms with Crippen molar-refractivity contribution in [3.8, 4) is 17.2 Å². The molecule has 0 aromatic heterocycles. The highest BCUT2D eigenvalue weighted by molar-refractivity contribution is 5.95. The molecule has 3 aromatic rings. The summed E-state index contributed by atoms with van der Waals surface area (Å²) < 4.78 is 49.2. The lowest BCUT2D eigenvalue weighted by Crippen LogP contribution is -2.07.